The summed E-state index contributed by atoms with van der Waals surface area (Å²) in [5.41, 5.74) is 0.00407. The van der Waals surface area contributed by atoms with Crippen molar-refractivity contribution in [1.82, 2.24) is 20.2 Å². The lowest BCUT2D eigenvalue weighted by molar-refractivity contribution is 0.0954. The summed E-state index contributed by atoms with van der Waals surface area (Å²) in [7, 11) is 0. The van der Waals surface area contributed by atoms with Gasteiger partial charge in [0, 0.05) is 31.7 Å². The fourth-order valence-corrected chi connectivity index (χ4v) is 5.37. The van der Waals surface area contributed by atoms with Crippen molar-refractivity contribution in [3.8, 4) is 0 Å². The van der Waals surface area contributed by atoms with Gasteiger partial charge in [0.1, 0.15) is 16.5 Å². The summed E-state index contributed by atoms with van der Waals surface area (Å²) in [6.07, 6.45) is 8.70. The number of hydrogen-bond acceptors (Lipinski definition) is 6. The summed E-state index contributed by atoms with van der Waals surface area (Å²) in [4.78, 5) is 26.0. The molecule has 4 heterocycles. The molecule has 2 aromatic rings. The lowest BCUT2D eigenvalue weighted by atomic mass is 10.0. The monoisotopic (exact) mass is 449 g/mol. The molecule has 0 aromatic carbocycles. The van der Waals surface area contributed by atoms with Gasteiger partial charge in [0.15, 0.2) is 5.13 Å². The first-order chi connectivity index (χ1) is 15.0. The Morgan fingerprint density at radius 3 is 2.74 bits per heavy atom. The third-order valence-electron chi connectivity index (χ3n) is 6.21. The van der Waals surface area contributed by atoms with Crippen molar-refractivity contribution in [2.45, 2.75) is 51.6 Å². The first-order valence-electron chi connectivity index (χ1n) is 11.0. The van der Waals surface area contributed by atoms with Crippen LogP contribution < -0.4 is 10.2 Å². The van der Waals surface area contributed by atoms with E-state index < -0.39 is 11.6 Å². The predicted octanol–water partition coefficient (Wildman–Crippen LogP) is 3.84. The number of carbonyl (C=O) groups is 1. The van der Waals surface area contributed by atoms with Gasteiger partial charge in [0.25, 0.3) is 5.91 Å². The van der Waals surface area contributed by atoms with Gasteiger partial charge in [-0.15, -0.1) is 0 Å². The summed E-state index contributed by atoms with van der Waals surface area (Å²) in [6, 6.07) is 1.40. The Labute approximate surface area is 185 Å². The number of carbonyl (C=O) groups excluding carboxylic acids is 1. The number of amides is 1. The number of piperidine rings is 1. The van der Waals surface area contributed by atoms with Gasteiger partial charge in [0.2, 0.25) is 0 Å². The standard InChI is InChI=1S/C22H29F2N5OS/c1-15-4-2-3-7-29(14-15)17-5-8-28(9-6-17)22-27-13-20(31-22)21(30)26-12-19-18(24)10-16(23)11-25-19/h10-11,13,15,17H,2-9,12,14H2,1H3,(H,26,30)/t15-/m1/s1. The molecule has 2 saturated heterocycles. The molecule has 0 unspecified atom stereocenters. The molecule has 0 bridgehead atoms. The lowest BCUT2D eigenvalue weighted by Crippen LogP contribution is -2.46. The molecule has 1 amide bonds. The second-order valence-electron chi connectivity index (χ2n) is 8.59. The van der Waals surface area contributed by atoms with E-state index in [-0.39, 0.29) is 18.1 Å². The van der Waals surface area contributed by atoms with Crippen LogP contribution in [0.1, 0.15) is 54.4 Å². The van der Waals surface area contributed by atoms with E-state index in [9.17, 15) is 13.6 Å². The number of aromatic nitrogens is 2. The maximum Gasteiger partial charge on any atom is 0.263 e. The first kappa shape index (κ1) is 22.1. The van der Waals surface area contributed by atoms with E-state index in [1.807, 2.05) is 0 Å². The number of halogens is 2. The molecule has 2 aromatic heterocycles. The van der Waals surface area contributed by atoms with Gasteiger partial charge in [-0.3, -0.25) is 14.7 Å². The molecule has 1 N–H and O–H groups in total. The molecular formula is C22H29F2N5OS. The van der Waals surface area contributed by atoms with Gasteiger partial charge in [0.05, 0.1) is 24.6 Å². The number of anilines is 1. The highest BCUT2D eigenvalue weighted by Gasteiger charge is 2.28. The zero-order chi connectivity index (χ0) is 21.8. The zero-order valence-corrected chi connectivity index (χ0v) is 18.6. The van der Waals surface area contributed by atoms with Crippen molar-refractivity contribution >= 4 is 22.4 Å². The van der Waals surface area contributed by atoms with Crippen LogP contribution in [0.25, 0.3) is 0 Å². The molecule has 2 fully saturated rings. The summed E-state index contributed by atoms with van der Waals surface area (Å²) in [5, 5.41) is 3.48. The molecule has 168 valence electrons. The van der Waals surface area contributed by atoms with Crippen LogP contribution in [0.4, 0.5) is 13.9 Å². The normalized spacial score (nSPS) is 21.1. The third kappa shape index (κ3) is 5.57. The highest BCUT2D eigenvalue weighted by atomic mass is 32.1. The van der Waals surface area contributed by atoms with Crippen molar-refractivity contribution < 1.29 is 13.6 Å². The summed E-state index contributed by atoms with van der Waals surface area (Å²) in [6.45, 7) is 6.55. The predicted molar refractivity (Wildman–Crippen MR) is 117 cm³/mol. The van der Waals surface area contributed by atoms with Crippen molar-refractivity contribution in [1.29, 1.82) is 0 Å². The number of pyridine rings is 1. The molecule has 0 saturated carbocycles. The number of nitrogens with one attached hydrogen (secondary N) is 1. The van der Waals surface area contributed by atoms with E-state index in [4.69, 9.17) is 0 Å². The van der Waals surface area contributed by atoms with Crippen LogP contribution in [0.5, 0.6) is 0 Å². The Morgan fingerprint density at radius 1 is 1.16 bits per heavy atom. The van der Waals surface area contributed by atoms with E-state index in [1.165, 1.54) is 43.7 Å². The number of rotatable bonds is 5. The Kier molecular flexibility index (Phi) is 7.12. The Balaban J connectivity index is 1.29. The summed E-state index contributed by atoms with van der Waals surface area (Å²) < 4.78 is 26.6. The molecule has 9 heteroatoms. The second kappa shape index (κ2) is 9.99. The smallest absolute Gasteiger partial charge is 0.263 e. The average molecular weight is 450 g/mol. The van der Waals surface area contributed by atoms with Crippen molar-refractivity contribution in [3.63, 3.8) is 0 Å². The Morgan fingerprint density at radius 2 is 1.97 bits per heavy atom. The highest BCUT2D eigenvalue weighted by molar-refractivity contribution is 7.17. The minimum atomic E-state index is -0.771. The van der Waals surface area contributed by atoms with Crippen molar-refractivity contribution in [2.24, 2.45) is 5.92 Å². The Bertz CT molecular complexity index is 900. The van der Waals surface area contributed by atoms with Gasteiger partial charge >= 0.3 is 0 Å². The van der Waals surface area contributed by atoms with Gasteiger partial charge in [-0.2, -0.15) is 0 Å². The molecule has 4 rings (SSSR count). The largest absolute Gasteiger partial charge is 0.348 e. The number of likely N-dealkylation sites (tertiary alicyclic amines) is 1. The van der Waals surface area contributed by atoms with Crippen molar-refractivity contribution in [2.75, 3.05) is 31.1 Å². The number of nitrogens with zero attached hydrogens (tertiary/aromatic N) is 4. The van der Waals surface area contributed by atoms with E-state index in [0.717, 1.165) is 49.2 Å². The van der Waals surface area contributed by atoms with Crippen LogP contribution in [0.2, 0.25) is 0 Å². The first-order valence-corrected chi connectivity index (χ1v) is 11.8. The highest BCUT2D eigenvalue weighted by Crippen LogP contribution is 2.28. The number of thiazole rings is 1. The van der Waals surface area contributed by atoms with Crippen molar-refractivity contribution in [3.05, 3.63) is 40.7 Å². The van der Waals surface area contributed by atoms with Gasteiger partial charge < -0.3 is 10.2 Å². The third-order valence-corrected chi connectivity index (χ3v) is 7.26. The molecule has 6 nitrogen and oxygen atoms in total. The topological polar surface area (TPSA) is 61.4 Å². The van der Waals surface area contributed by atoms with E-state index in [2.05, 4.69) is 32.0 Å². The maximum atomic E-state index is 13.7. The average Bonchev–Trinajstić information content (AvgIpc) is 3.16. The quantitative estimate of drug-likeness (QED) is 0.752. The zero-order valence-electron chi connectivity index (χ0n) is 17.8. The fourth-order valence-electron chi connectivity index (χ4n) is 4.48. The molecule has 1 atom stereocenters. The van der Waals surface area contributed by atoms with Crippen LogP contribution in [-0.2, 0) is 6.54 Å². The fraction of sp³-hybridized carbons (Fsp3) is 0.591. The lowest BCUT2D eigenvalue weighted by Gasteiger charge is -2.38. The minimum Gasteiger partial charge on any atom is -0.348 e. The molecule has 2 aliphatic heterocycles. The second-order valence-corrected chi connectivity index (χ2v) is 9.60. The SMILES string of the molecule is C[C@@H]1CCCCN(C2CCN(c3ncc(C(=O)NCc4ncc(F)cc4F)s3)CC2)C1. The molecule has 0 radical (unpaired) electrons. The number of hydrogen-bond donors (Lipinski definition) is 1. The van der Waals surface area contributed by atoms with Gasteiger partial charge in [-0.1, -0.05) is 24.7 Å². The van der Waals surface area contributed by atoms with Gasteiger partial charge in [-0.25, -0.2) is 13.8 Å². The van der Waals surface area contributed by atoms with Crippen LogP contribution in [0, 0.1) is 17.6 Å². The summed E-state index contributed by atoms with van der Waals surface area (Å²) >= 11 is 1.34. The molecular weight excluding hydrogens is 420 g/mol. The maximum absolute atomic E-state index is 13.7. The van der Waals surface area contributed by atoms with Crippen LogP contribution in [0.3, 0.4) is 0 Å². The van der Waals surface area contributed by atoms with Crippen LogP contribution in [-0.4, -0.2) is 53.0 Å². The van der Waals surface area contributed by atoms with E-state index in [1.54, 1.807) is 6.20 Å². The molecule has 0 spiro atoms. The van der Waals surface area contributed by atoms with Gasteiger partial charge in [-0.05, 0) is 38.1 Å². The summed E-state index contributed by atoms with van der Waals surface area (Å²) in [5.74, 6) is -1.07. The molecule has 0 aliphatic carbocycles. The van der Waals surface area contributed by atoms with E-state index in [0.29, 0.717) is 10.9 Å². The Hall–Kier alpha value is -2.13. The van der Waals surface area contributed by atoms with Crippen LogP contribution in [0.15, 0.2) is 18.5 Å². The molecule has 2 aliphatic rings. The van der Waals surface area contributed by atoms with E-state index >= 15 is 0 Å². The molecule has 31 heavy (non-hydrogen) atoms. The minimum absolute atomic E-state index is 0.00407. The van der Waals surface area contributed by atoms with Crippen LogP contribution >= 0.6 is 11.3 Å².